The van der Waals surface area contributed by atoms with Gasteiger partial charge in [0.15, 0.2) is 0 Å². The largest absolute Gasteiger partial charge is 0.395 e. The van der Waals surface area contributed by atoms with Crippen LogP contribution in [-0.4, -0.2) is 49.3 Å². The molecule has 0 aromatic heterocycles. The van der Waals surface area contributed by atoms with Crippen LogP contribution in [0.1, 0.15) is 12.8 Å². The van der Waals surface area contributed by atoms with Crippen LogP contribution in [0.4, 0.5) is 0 Å². The molecule has 0 unspecified atom stereocenters. The van der Waals surface area contributed by atoms with E-state index in [4.69, 9.17) is 9.84 Å². The van der Waals surface area contributed by atoms with Crippen molar-refractivity contribution in [3.05, 3.63) is 0 Å². The predicted octanol–water partition coefficient (Wildman–Crippen LogP) is -1.61. The smallest absolute Gasteiger partial charge is 0.309 e. The Morgan fingerprint density at radius 1 is 1.33 bits per heavy atom. The fourth-order valence-electron chi connectivity index (χ4n) is 1.34. The summed E-state index contributed by atoms with van der Waals surface area (Å²) in [4.78, 5) is 22.2. The molecule has 6 heteroatoms. The van der Waals surface area contributed by atoms with Gasteiger partial charge in [-0.15, -0.1) is 0 Å². The van der Waals surface area contributed by atoms with Gasteiger partial charge in [-0.3, -0.25) is 9.59 Å². The highest BCUT2D eigenvalue weighted by molar-refractivity contribution is 6.35. The van der Waals surface area contributed by atoms with E-state index in [1.54, 1.807) is 0 Å². The average Bonchev–Trinajstić information content (AvgIpc) is 2.75. The third-order valence-electron chi connectivity index (χ3n) is 2.12. The minimum Gasteiger partial charge on any atom is -0.395 e. The first-order valence-corrected chi connectivity index (χ1v) is 5.02. The molecule has 1 saturated heterocycles. The van der Waals surface area contributed by atoms with E-state index in [2.05, 4.69) is 10.6 Å². The summed E-state index contributed by atoms with van der Waals surface area (Å²) in [6, 6.07) is 0. The molecule has 0 aliphatic carbocycles. The van der Waals surface area contributed by atoms with E-state index < -0.39 is 11.8 Å². The molecule has 0 bridgehead atoms. The molecule has 15 heavy (non-hydrogen) atoms. The molecular formula is C9H16N2O4. The van der Waals surface area contributed by atoms with Crippen LogP contribution >= 0.6 is 0 Å². The quantitative estimate of drug-likeness (QED) is 0.493. The Bertz CT molecular complexity index is 226. The number of rotatable bonds is 4. The second kappa shape index (κ2) is 6.36. The maximum atomic E-state index is 11.1. The lowest BCUT2D eigenvalue weighted by molar-refractivity contribution is -0.139. The SMILES string of the molecule is O=C(NCCO)C(=O)NC[C@H]1CCCO1. The van der Waals surface area contributed by atoms with Gasteiger partial charge in [0.25, 0.3) is 0 Å². The first kappa shape index (κ1) is 11.9. The normalized spacial score (nSPS) is 19.9. The van der Waals surface area contributed by atoms with E-state index in [9.17, 15) is 9.59 Å². The van der Waals surface area contributed by atoms with Crippen molar-refractivity contribution < 1.29 is 19.4 Å². The van der Waals surface area contributed by atoms with Gasteiger partial charge in [0, 0.05) is 19.7 Å². The highest BCUT2D eigenvalue weighted by atomic mass is 16.5. The van der Waals surface area contributed by atoms with Gasteiger partial charge in [-0.05, 0) is 12.8 Å². The van der Waals surface area contributed by atoms with Crippen molar-refractivity contribution >= 4 is 11.8 Å². The maximum absolute atomic E-state index is 11.1. The number of aliphatic hydroxyl groups excluding tert-OH is 1. The number of hydrogen-bond donors (Lipinski definition) is 3. The van der Waals surface area contributed by atoms with E-state index in [0.29, 0.717) is 6.54 Å². The Labute approximate surface area is 88.0 Å². The number of amides is 2. The van der Waals surface area contributed by atoms with E-state index in [1.807, 2.05) is 0 Å². The Balaban J connectivity index is 2.14. The summed E-state index contributed by atoms with van der Waals surface area (Å²) < 4.78 is 5.28. The Morgan fingerprint density at radius 3 is 2.67 bits per heavy atom. The number of hydrogen-bond acceptors (Lipinski definition) is 4. The van der Waals surface area contributed by atoms with Crippen molar-refractivity contribution in [1.82, 2.24) is 10.6 Å². The topological polar surface area (TPSA) is 87.7 Å². The number of carbonyl (C=O) groups is 2. The molecule has 1 rings (SSSR count). The Kier molecular flexibility index (Phi) is 5.06. The van der Waals surface area contributed by atoms with Crippen LogP contribution in [0.2, 0.25) is 0 Å². The first-order valence-electron chi connectivity index (χ1n) is 5.02. The van der Waals surface area contributed by atoms with Crippen LogP contribution in [0.25, 0.3) is 0 Å². The fourth-order valence-corrected chi connectivity index (χ4v) is 1.34. The molecule has 1 aliphatic rings. The molecule has 0 spiro atoms. The van der Waals surface area contributed by atoms with E-state index in [0.717, 1.165) is 19.4 Å². The predicted molar refractivity (Wildman–Crippen MR) is 52.1 cm³/mol. The maximum Gasteiger partial charge on any atom is 0.309 e. The lowest BCUT2D eigenvalue weighted by Crippen LogP contribution is -2.43. The third-order valence-corrected chi connectivity index (χ3v) is 2.12. The molecule has 3 N–H and O–H groups in total. The summed E-state index contributed by atoms with van der Waals surface area (Å²) in [5.74, 6) is -1.40. The van der Waals surface area contributed by atoms with Gasteiger partial charge in [-0.25, -0.2) is 0 Å². The van der Waals surface area contributed by atoms with E-state index in [1.165, 1.54) is 0 Å². The molecule has 1 aliphatic heterocycles. The molecule has 0 aromatic carbocycles. The minimum absolute atomic E-state index is 0.0274. The van der Waals surface area contributed by atoms with Crippen LogP contribution in [0.5, 0.6) is 0 Å². The molecule has 0 radical (unpaired) electrons. The molecule has 1 heterocycles. The molecule has 6 nitrogen and oxygen atoms in total. The monoisotopic (exact) mass is 216 g/mol. The number of nitrogens with one attached hydrogen (secondary N) is 2. The van der Waals surface area contributed by atoms with Crippen LogP contribution in [0.15, 0.2) is 0 Å². The second-order valence-corrected chi connectivity index (χ2v) is 3.32. The zero-order chi connectivity index (χ0) is 11.1. The number of ether oxygens (including phenoxy) is 1. The fraction of sp³-hybridized carbons (Fsp3) is 0.778. The Hall–Kier alpha value is -1.14. The number of aliphatic hydroxyl groups is 1. The van der Waals surface area contributed by atoms with Crippen molar-refractivity contribution in [2.24, 2.45) is 0 Å². The third kappa shape index (κ3) is 4.26. The zero-order valence-electron chi connectivity index (χ0n) is 8.49. The molecule has 1 fully saturated rings. The molecular weight excluding hydrogens is 200 g/mol. The van der Waals surface area contributed by atoms with Crippen molar-refractivity contribution in [3.8, 4) is 0 Å². The van der Waals surface area contributed by atoms with Crippen molar-refractivity contribution in [2.45, 2.75) is 18.9 Å². The van der Waals surface area contributed by atoms with Gasteiger partial charge in [0.2, 0.25) is 0 Å². The first-order chi connectivity index (χ1) is 7.24. The van der Waals surface area contributed by atoms with Gasteiger partial charge in [0.1, 0.15) is 0 Å². The summed E-state index contributed by atoms with van der Waals surface area (Å²) >= 11 is 0. The summed E-state index contributed by atoms with van der Waals surface area (Å²) in [6.45, 7) is 1.000. The van der Waals surface area contributed by atoms with E-state index in [-0.39, 0.29) is 19.3 Å². The van der Waals surface area contributed by atoms with Gasteiger partial charge in [-0.1, -0.05) is 0 Å². The van der Waals surface area contributed by atoms with Crippen molar-refractivity contribution in [1.29, 1.82) is 0 Å². The second-order valence-electron chi connectivity index (χ2n) is 3.32. The van der Waals surface area contributed by atoms with Crippen LogP contribution in [-0.2, 0) is 14.3 Å². The van der Waals surface area contributed by atoms with E-state index >= 15 is 0 Å². The molecule has 86 valence electrons. The van der Waals surface area contributed by atoms with Gasteiger partial charge < -0.3 is 20.5 Å². The standard InChI is InChI=1S/C9H16N2O4/c12-4-3-10-8(13)9(14)11-6-7-2-1-5-15-7/h7,12H,1-6H2,(H,10,13)(H,11,14)/t7-/m1/s1. The van der Waals surface area contributed by atoms with Crippen molar-refractivity contribution in [3.63, 3.8) is 0 Å². The highest BCUT2D eigenvalue weighted by Crippen LogP contribution is 2.10. The Morgan fingerprint density at radius 2 is 2.07 bits per heavy atom. The van der Waals surface area contributed by atoms with Crippen LogP contribution in [0.3, 0.4) is 0 Å². The minimum atomic E-state index is -0.720. The molecule has 1 atom stereocenters. The molecule has 2 amide bonds. The molecule has 0 aromatic rings. The summed E-state index contributed by atoms with van der Waals surface area (Å²) in [5.41, 5.74) is 0. The average molecular weight is 216 g/mol. The zero-order valence-corrected chi connectivity index (χ0v) is 8.49. The lowest BCUT2D eigenvalue weighted by atomic mass is 10.2. The van der Waals surface area contributed by atoms with Crippen molar-refractivity contribution in [2.75, 3.05) is 26.3 Å². The van der Waals surface area contributed by atoms with Gasteiger partial charge >= 0.3 is 11.8 Å². The summed E-state index contributed by atoms with van der Waals surface area (Å²) in [6.07, 6.45) is 1.94. The lowest BCUT2D eigenvalue weighted by Gasteiger charge is -2.10. The highest BCUT2D eigenvalue weighted by Gasteiger charge is 2.18. The van der Waals surface area contributed by atoms with Gasteiger partial charge in [-0.2, -0.15) is 0 Å². The van der Waals surface area contributed by atoms with Crippen LogP contribution < -0.4 is 10.6 Å². The van der Waals surface area contributed by atoms with Gasteiger partial charge in [0.05, 0.1) is 12.7 Å². The van der Waals surface area contributed by atoms with Crippen LogP contribution in [0, 0.1) is 0 Å². The number of carbonyl (C=O) groups excluding carboxylic acids is 2. The summed E-state index contributed by atoms with van der Waals surface area (Å²) in [5, 5.41) is 13.2. The summed E-state index contributed by atoms with van der Waals surface area (Å²) in [7, 11) is 0. The molecule has 0 saturated carbocycles.